The molecule has 1 aromatic rings. The zero-order chi connectivity index (χ0) is 19.5. The van der Waals surface area contributed by atoms with Gasteiger partial charge in [0, 0.05) is 5.25 Å². The molecule has 0 N–H and O–H groups in total. The van der Waals surface area contributed by atoms with Crippen molar-refractivity contribution in [2.45, 2.75) is 29.9 Å². The Morgan fingerprint density at radius 1 is 1.15 bits per heavy atom. The number of benzene rings is 1. The zero-order valence-electron chi connectivity index (χ0n) is 14.5. The van der Waals surface area contributed by atoms with Crippen LogP contribution < -0.4 is 0 Å². The SMILES string of the molecule is Cc1ccc(S(=O)(=O)N2C(=O)C3C4CC(SCC(=O)Cl)C(C4)C3C2=O)cc1. The van der Waals surface area contributed by atoms with Gasteiger partial charge >= 0.3 is 0 Å². The molecule has 4 rings (SSSR count). The van der Waals surface area contributed by atoms with Gasteiger partial charge in [0.25, 0.3) is 10.0 Å². The first-order valence-electron chi connectivity index (χ1n) is 8.71. The first-order chi connectivity index (χ1) is 12.7. The molecule has 144 valence electrons. The summed E-state index contributed by atoms with van der Waals surface area (Å²) in [6, 6.07) is 6.11. The lowest BCUT2D eigenvalue weighted by Crippen LogP contribution is -2.38. The lowest BCUT2D eigenvalue weighted by Gasteiger charge is -2.27. The maximum Gasteiger partial charge on any atom is 0.273 e. The van der Waals surface area contributed by atoms with Crippen LogP contribution in [0.15, 0.2) is 29.2 Å². The number of thioether (sulfide) groups is 1. The van der Waals surface area contributed by atoms with Crippen LogP contribution >= 0.6 is 23.4 Å². The molecule has 1 aliphatic heterocycles. The smallest absolute Gasteiger partial charge is 0.273 e. The molecule has 1 saturated heterocycles. The Labute approximate surface area is 166 Å². The van der Waals surface area contributed by atoms with Crippen LogP contribution in [-0.4, -0.2) is 40.8 Å². The molecule has 5 unspecified atom stereocenters. The van der Waals surface area contributed by atoms with E-state index in [0.717, 1.165) is 12.0 Å². The quantitative estimate of drug-likeness (QED) is 0.528. The van der Waals surface area contributed by atoms with Crippen LogP contribution in [0.4, 0.5) is 0 Å². The van der Waals surface area contributed by atoms with Crippen LogP contribution in [0.2, 0.25) is 0 Å². The molecule has 3 fully saturated rings. The predicted octanol–water partition coefficient (Wildman–Crippen LogP) is 2.19. The largest absolute Gasteiger partial charge is 0.280 e. The van der Waals surface area contributed by atoms with Gasteiger partial charge in [-0.3, -0.25) is 14.4 Å². The Balaban J connectivity index is 1.62. The van der Waals surface area contributed by atoms with Gasteiger partial charge in [-0.2, -0.15) is 4.31 Å². The number of imide groups is 1. The number of carbonyl (C=O) groups excluding carboxylic acids is 3. The molecular weight excluding hydrogens is 410 g/mol. The highest BCUT2D eigenvalue weighted by atomic mass is 35.5. The molecule has 2 amide bonds. The maximum absolute atomic E-state index is 13.0. The van der Waals surface area contributed by atoms with Crippen molar-refractivity contribution in [2.24, 2.45) is 23.7 Å². The number of hydrogen-bond donors (Lipinski definition) is 0. The molecule has 0 radical (unpaired) electrons. The van der Waals surface area contributed by atoms with Crippen molar-refractivity contribution >= 4 is 50.4 Å². The van der Waals surface area contributed by atoms with Crippen LogP contribution in [0.25, 0.3) is 0 Å². The third-order valence-electron chi connectivity index (χ3n) is 5.88. The van der Waals surface area contributed by atoms with Crippen molar-refractivity contribution < 1.29 is 22.8 Å². The molecule has 2 aliphatic carbocycles. The Hall–Kier alpha value is -1.38. The Morgan fingerprint density at radius 2 is 1.78 bits per heavy atom. The van der Waals surface area contributed by atoms with Crippen molar-refractivity contribution in [1.82, 2.24) is 4.31 Å². The van der Waals surface area contributed by atoms with Crippen molar-refractivity contribution in [3.8, 4) is 0 Å². The molecule has 6 nitrogen and oxygen atoms in total. The van der Waals surface area contributed by atoms with Crippen LogP contribution in [0.1, 0.15) is 18.4 Å². The fourth-order valence-corrected chi connectivity index (χ4v) is 7.64. The van der Waals surface area contributed by atoms with Gasteiger partial charge in [0.2, 0.25) is 17.1 Å². The van der Waals surface area contributed by atoms with E-state index in [4.69, 9.17) is 11.6 Å². The number of halogens is 1. The first kappa shape index (κ1) is 19.0. The van der Waals surface area contributed by atoms with Crippen molar-refractivity contribution in [2.75, 3.05) is 5.75 Å². The number of rotatable bonds is 5. The molecule has 5 atom stereocenters. The lowest BCUT2D eigenvalue weighted by molar-refractivity contribution is -0.134. The zero-order valence-corrected chi connectivity index (χ0v) is 16.9. The van der Waals surface area contributed by atoms with Crippen LogP contribution in [-0.2, 0) is 24.4 Å². The van der Waals surface area contributed by atoms with E-state index in [9.17, 15) is 22.8 Å². The van der Waals surface area contributed by atoms with Crippen molar-refractivity contribution in [1.29, 1.82) is 0 Å². The summed E-state index contributed by atoms with van der Waals surface area (Å²) in [6.07, 6.45) is 1.43. The minimum atomic E-state index is -4.21. The van der Waals surface area contributed by atoms with Gasteiger partial charge in [-0.1, -0.05) is 17.7 Å². The number of sulfonamides is 1. The van der Waals surface area contributed by atoms with Gasteiger partial charge in [-0.25, -0.2) is 8.42 Å². The topological polar surface area (TPSA) is 88.6 Å². The third kappa shape index (κ3) is 2.93. The number of amides is 2. The molecule has 1 aromatic carbocycles. The highest BCUT2D eigenvalue weighted by molar-refractivity contribution is 8.00. The molecule has 1 heterocycles. The summed E-state index contributed by atoms with van der Waals surface area (Å²) in [4.78, 5) is 36.9. The van der Waals surface area contributed by atoms with E-state index < -0.39 is 38.9 Å². The number of nitrogens with zero attached hydrogens (tertiary/aromatic N) is 1. The monoisotopic (exact) mass is 427 g/mol. The van der Waals surface area contributed by atoms with Gasteiger partial charge in [0.15, 0.2) is 0 Å². The summed E-state index contributed by atoms with van der Waals surface area (Å²) in [5.74, 6) is -2.35. The molecule has 3 aliphatic rings. The van der Waals surface area contributed by atoms with Crippen LogP contribution in [0, 0.1) is 30.6 Å². The second-order valence-electron chi connectivity index (χ2n) is 7.41. The summed E-state index contributed by atoms with van der Waals surface area (Å²) >= 11 is 6.82. The fourth-order valence-electron chi connectivity index (χ4n) is 4.79. The summed E-state index contributed by atoms with van der Waals surface area (Å²) in [7, 11) is -4.21. The molecule has 9 heteroatoms. The van der Waals surface area contributed by atoms with Gasteiger partial charge in [0.05, 0.1) is 22.5 Å². The molecular formula is C18H18ClNO5S2. The molecule has 2 bridgehead atoms. The Bertz CT molecular complexity index is 930. The second kappa shape index (κ2) is 6.60. The van der Waals surface area contributed by atoms with Gasteiger partial charge < -0.3 is 0 Å². The van der Waals surface area contributed by atoms with Gasteiger partial charge in [-0.15, -0.1) is 11.8 Å². The molecule has 2 saturated carbocycles. The van der Waals surface area contributed by atoms with Gasteiger partial charge in [-0.05, 0) is 55.3 Å². The number of carbonyl (C=O) groups is 3. The van der Waals surface area contributed by atoms with E-state index in [-0.39, 0.29) is 27.7 Å². The summed E-state index contributed by atoms with van der Waals surface area (Å²) in [5, 5.41) is -0.394. The standard InChI is InChI=1S/C18H18ClNO5S2/c1-9-2-4-11(5-3-9)27(24,25)20-17(22)15-10-6-12(16(15)18(20)23)13(7-10)26-8-14(19)21/h2-5,10,12-13,15-16H,6-8H2,1H3. The summed E-state index contributed by atoms with van der Waals surface area (Å²) in [5.41, 5.74) is 0.886. The highest BCUT2D eigenvalue weighted by Crippen LogP contribution is 2.59. The second-order valence-corrected chi connectivity index (χ2v) is 10.8. The third-order valence-corrected chi connectivity index (χ3v) is 9.28. The number of aryl methyl sites for hydroxylation is 1. The van der Waals surface area contributed by atoms with Crippen molar-refractivity contribution in [3.05, 3.63) is 29.8 Å². The Kier molecular flexibility index (Phi) is 4.63. The average molecular weight is 428 g/mol. The minimum Gasteiger partial charge on any atom is -0.280 e. The normalized spacial score (nSPS) is 32.2. The molecule has 0 spiro atoms. The molecule has 0 aromatic heterocycles. The van der Waals surface area contributed by atoms with E-state index in [1.165, 1.54) is 23.9 Å². The Morgan fingerprint density at radius 3 is 2.41 bits per heavy atom. The maximum atomic E-state index is 13.0. The van der Waals surface area contributed by atoms with E-state index >= 15 is 0 Å². The fraction of sp³-hybridized carbons (Fsp3) is 0.500. The van der Waals surface area contributed by atoms with E-state index in [0.29, 0.717) is 10.7 Å². The van der Waals surface area contributed by atoms with Crippen LogP contribution in [0.3, 0.4) is 0 Å². The van der Waals surface area contributed by atoms with Gasteiger partial charge in [0.1, 0.15) is 0 Å². The highest BCUT2D eigenvalue weighted by Gasteiger charge is 2.66. The first-order valence-corrected chi connectivity index (χ1v) is 11.6. The number of hydrogen-bond acceptors (Lipinski definition) is 6. The molecule has 27 heavy (non-hydrogen) atoms. The van der Waals surface area contributed by atoms with Crippen LogP contribution in [0.5, 0.6) is 0 Å². The van der Waals surface area contributed by atoms with E-state index in [2.05, 4.69) is 0 Å². The van der Waals surface area contributed by atoms with E-state index in [1.54, 1.807) is 12.1 Å². The average Bonchev–Trinajstić information content (AvgIpc) is 3.24. The number of fused-ring (bicyclic) bond motifs is 5. The minimum absolute atomic E-state index is 0.0161. The predicted molar refractivity (Wildman–Crippen MR) is 101 cm³/mol. The van der Waals surface area contributed by atoms with E-state index in [1.807, 2.05) is 6.92 Å². The van der Waals surface area contributed by atoms with Crippen molar-refractivity contribution in [3.63, 3.8) is 0 Å². The summed E-state index contributed by atoms with van der Waals surface area (Å²) < 4.78 is 26.4. The lowest BCUT2D eigenvalue weighted by atomic mass is 9.81. The summed E-state index contributed by atoms with van der Waals surface area (Å²) in [6.45, 7) is 1.83.